The van der Waals surface area contributed by atoms with Crippen LogP contribution < -0.4 is 0 Å². The molecule has 0 spiro atoms. The minimum Gasteiger partial charge on any atom is -0.466 e. The second-order valence-electron chi connectivity index (χ2n) is 16.0. The van der Waals surface area contributed by atoms with Crippen molar-refractivity contribution in [1.29, 1.82) is 0 Å². The zero-order valence-corrected chi connectivity index (χ0v) is 37.0. The lowest BCUT2D eigenvalue weighted by molar-refractivity contribution is -0.870. The number of ketones is 1. The maximum absolute atomic E-state index is 12.7. The van der Waals surface area contributed by atoms with Gasteiger partial charge in [-0.15, -0.1) is 0 Å². The number of aryl methyl sites for hydroxylation is 2. The third kappa shape index (κ3) is 27.1. The molecule has 0 fully saturated rings. The molecule has 1 unspecified atom stereocenters. The Morgan fingerprint density at radius 2 is 1.30 bits per heavy atom. The van der Waals surface area contributed by atoms with Crippen LogP contribution in [0.25, 0.3) is 0 Å². The summed E-state index contributed by atoms with van der Waals surface area (Å²) in [6.07, 6.45) is 24.8. The highest BCUT2D eigenvalue weighted by Crippen LogP contribution is 2.43. The molecule has 0 aliphatic carbocycles. The molecule has 12 heteroatoms. The summed E-state index contributed by atoms with van der Waals surface area (Å²) in [5.74, 6) is 1.42. The Morgan fingerprint density at radius 1 is 0.714 bits per heavy atom. The molecule has 0 aromatic carbocycles. The smallest absolute Gasteiger partial charge is 0.466 e. The lowest BCUT2D eigenvalue weighted by atomic mass is 10.0. The SMILES string of the molecule is CCCCC/C=C\C=C\C(=O)CCCCCCCC(=O)O[C@H](COC(=O)CCCCCCCCc1oc(CCC)c(C)c1C)COP(=O)(O)OCC[N+](C)(C)C. The molecule has 1 N–H and O–H groups in total. The first-order valence-electron chi connectivity index (χ1n) is 21.4. The molecule has 0 radical (unpaired) electrons. The number of nitrogens with zero attached hydrogens (tertiary/aromatic N) is 1. The highest BCUT2D eigenvalue weighted by atomic mass is 31.2. The average Bonchev–Trinajstić information content (AvgIpc) is 3.40. The van der Waals surface area contributed by atoms with Crippen LogP contribution in [0.4, 0.5) is 0 Å². The minimum atomic E-state index is -4.42. The zero-order valence-electron chi connectivity index (χ0n) is 36.1. The largest absolute Gasteiger partial charge is 0.472 e. The molecule has 1 aromatic rings. The third-order valence-electron chi connectivity index (χ3n) is 9.63. The summed E-state index contributed by atoms with van der Waals surface area (Å²) in [5.41, 5.74) is 2.57. The fourth-order valence-electron chi connectivity index (χ4n) is 5.98. The van der Waals surface area contributed by atoms with Crippen molar-refractivity contribution in [2.45, 2.75) is 169 Å². The number of ether oxygens (including phenoxy) is 2. The van der Waals surface area contributed by atoms with Crippen LogP contribution in [0.2, 0.25) is 0 Å². The summed E-state index contributed by atoms with van der Waals surface area (Å²) < 4.78 is 40.3. The Hall–Kier alpha value is -2.56. The van der Waals surface area contributed by atoms with Crippen LogP contribution in [0.1, 0.15) is 158 Å². The van der Waals surface area contributed by atoms with E-state index in [2.05, 4.69) is 33.8 Å². The number of hydrogen-bond donors (Lipinski definition) is 1. The van der Waals surface area contributed by atoms with Crippen LogP contribution in [0.15, 0.2) is 28.7 Å². The van der Waals surface area contributed by atoms with Gasteiger partial charge in [0.05, 0.1) is 27.7 Å². The number of carbonyl (C=O) groups is 3. The summed E-state index contributed by atoms with van der Waals surface area (Å²) in [4.78, 5) is 47.5. The van der Waals surface area contributed by atoms with Crippen molar-refractivity contribution in [3.05, 3.63) is 47.0 Å². The molecule has 322 valence electrons. The number of hydrogen-bond acceptors (Lipinski definition) is 9. The predicted molar refractivity (Wildman–Crippen MR) is 223 cm³/mol. The van der Waals surface area contributed by atoms with Crippen molar-refractivity contribution >= 4 is 25.5 Å². The summed E-state index contributed by atoms with van der Waals surface area (Å²) in [6, 6.07) is 0. The van der Waals surface area contributed by atoms with Crippen LogP contribution in [0.3, 0.4) is 0 Å². The maximum atomic E-state index is 12.7. The van der Waals surface area contributed by atoms with E-state index in [1.54, 1.807) is 6.08 Å². The first-order chi connectivity index (χ1) is 26.7. The predicted octanol–water partition coefficient (Wildman–Crippen LogP) is 10.4. The molecule has 1 rings (SSSR count). The average molecular weight is 811 g/mol. The van der Waals surface area contributed by atoms with Crippen molar-refractivity contribution in [1.82, 2.24) is 0 Å². The molecule has 0 saturated heterocycles. The van der Waals surface area contributed by atoms with Crippen LogP contribution in [-0.2, 0) is 50.3 Å². The number of carbonyl (C=O) groups excluding carboxylic acids is 3. The van der Waals surface area contributed by atoms with E-state index >= 15 is 0 Å². The Morgan fingerprint density at radius 3 is 1.93 bits per heavy atom. The number of unbranched alkanes of at least 4 members (excludes halogenated alkanes) is 12. The highest BCUT2D eigenvalue weighted by Gasteiger charge is 2.27. The molecule has 0 saturated carbocycles. The maximum Gasteiger partial charge on any atom is 0.472 e. The quantitative estimate of drug-likeness (QED) is 0.0176. The Kier molecular flexibility index (Phi) is 28.0. The van der Waals surface area contributed by atoms with Crippen molar-refractivity contribution in [2.75, 3.05) is 47.5 Å². The van der Waals surface area contributed by atoms with Crippen LogP contribution >= 0.6 is 7.82 Å². The highest BCUT2D eigenvalue weighted by molar-refractivity contribution is 7.47. The third-order valence-corrected chi connectivity index (χ3v) is 10.6. The van der Waals surface area contributed by atoms with E-state index in [-0.39, 0.29) is 31.8 Å². The Labute approximate surface area is 339 Å². The molecule has 11 nitrogen and oxygen atoms in total. The number of allylic oxidation sites excluding steroid dienone is 4. The van der Waals surface area contributed by atoms with Gasteiger partial charge in [0.1, 0.15) is 31.3 Å². The van der Waals surface area contributed by atoms with Gasteiger partial charge in [-0.3, -0.25) is 23.4 Å². The second kappa shape index (κ2) is 30.5. The van der Waals surface area contributed by atoms with Crippen molar-refractivity contribution in [2.24, 2.45) is 0 Å². The molecule has 1 heterocycles. The molecule has 2 atom stereocenters. The van der Waals surface area contributed by atoms with Crippen molar-refractivity contribution in [3.8, 4) is 0 Å². The number of likely N-dealkylation sites (N-methyl/N-ethyl adjacent to an activating group) is 1. The van der Waals surface area contributed by atoms with Gasteiger partial charge in [-0.2, -0.15) is 0 Å². The lowest BCUT2D eigenvalue weighted by Crippen LogP contribution is -2.37. The van der Waals surface area contributed by atoms with E-state index in [0.29, 0.717) is 30.3 Å². The summed E-state index contributed by atoms with van der Waals surface area (Å²) >= 11 is 0. The first kappa shape index (κ1) is 51.5. The number of furan rings is 1. The van der Waals surface area contributed by atoms with Crippen LogP contribution in [-0.4, -0.2) is 80.7 Å². The first-order valence-corrected chi connectivity index (χ1v) is 22.9. The number of quaternary nitrogens is 1. The van der Waals surface area contributed by atoms with E-state index in [4.69, 9.17) is 22.9 Å². The Balaban J connectivity index is 2.41. The van der Waals surface area contributed by atoms with Gasteiger partial charge in [0.25, 0.3) is 0 Å². The molecule has 0 aliphatic heterocycles. The molecular formula is C44H77NO10P+. The monoisotopic (exact) mass is 811 g/mol. The topological polar surface area (TPSA) is 139 Å². The molecule has 0 bridgehead atoms. The minimum absolute atomic E-state index is 0.00134. The number of phosphoric acid groups is 1. The normalized spacial score (nSPS) is 13.7. The van der Waals surface area contributed by atoms with E-state index in [1.807, 2.05) is 33.3 Å². The fraction of sp³-hybridized carbons (Fsp3) is 0.750. The molecule has 56 heavy (non-hydrogen) atoms. The fourth-order valence-corrected chi connectivity index (χ4v) is 6.72. The Bertz CT molecular complexity index is 1350. The standard InChI is InChI=1S/C44H76NO10P/c1-8-10-11-12-13-17-22-28-39(46)29-23-18-16-21-26-32-44(48)54-40(36-53-56(49,50)52-34-33-45(5,6)7)35-51-43(47)31-25-20-15-14-19-24-30-42-38(4)37(3)41(55-42)27-9-2/h13,17,22,28,40H,8-12,14-16,18-21,23-27,29-36H2,1-7H3/p+1/b17-13-,28-22+/t40-/m1/s1. The summed E-state index contributed by atoms with van der Waals surface area (Å²) in [5, 5.41) is 0. The summed E-state index contributed by atoms with van der Waals surface area (Å²) in [7, 11) is 1.37. The van der Waals surface area contributed by atoms with E-state index in [1.165, 1.54) is 30.4 Å². The van der Waals surface area contributed by atoms with Gasteiger partial charge in [-0.1, -0.05) is 89.9 Å². The van der Waals surface area contributed by atoms with Gasteiger partial charge in [0.15, 0.2) is 11.9 Å². The lowest BCUT2D eigenvalue weighted by Gasteiger charge is -2.24. The van der Waals surface area contributed by atoms with Crippen molar-refractivity contribution < 1.29 is 51.3 Å². The second-order valence-corrected chi connectivity index (χ2v) is 17.4. The van der Waals surface area contributed by atoms with Crippen molar-refractivity contribution in [3.63, 3.8) is 0 Å². The van der Waals surface area contributed by atoms with E-state index in [0.717, 1.165) is 95.0 Å². The van der Waals surface area contributed by atoms with E-state index < -0.39 is 32.5 Å². The summed E-state index contributed by atoms with van der Waals surface area (Å²) in [6.45, 7) is 8.38. The van der Waals surface area contributed by atoms with Gasteiger partial charge in [-0.05, 0) is 76.0 Å². The number of rotatable bonds is 35. The van der Waals surface area contributed by atoms with Crippen LogP contribution in [0.5, 0.6) is 0 Å². The van der Waals surface area contributed by atoms with Gasteiger partial charge >= 0.3 is 19.8 Å². The van der Waals surface area contributed by atoms with Crippen LogP contribution in [0, 0.1) is 13.8 Å². The van der Waals surface area contributed by atoms with Gasteiger partial charge in [-0.25, -0.2) is 4.57 Å². The molecule has 1 aromatic heterocycles. The van der Waals surface area contributed by atoms with Gasteiger partial charge in [0.2, 0.25) is 0 Å². The zero-order chi connectivity index (χ0) is 41.7. The number of phosphoric ester groups is 1. The molecular weight excluding hydrogens is 733 g/mol. The molecule has 0 aliphatic rings. The van der Waals surface area contributed by atoms with Gasteiger partial charge < -0.3 is 23.3 Å². The van der Waals surface area contributed by atoms with Gasteiger partial charge in [0, 0.05) is 32.1 Å². The number of esters is 2. The molecule has 0 amide bonds. The van der Waals surface area contributed by atoms with E-state index in [9.17, 15) is 23.8 Å².